The highest BCUT2D eigenvalue weighted by Crippen LogP contribution is 2.27. The number of aromatic nitrogens is 1. The lowest BCUT2D eigenvalue weighted by molar-refractivity contribution is 0.0695. The molecular formula is C14H12BrNO3. The summed E-state index contributed by atoms with van der Waals surface area (Å²) in [6, 6.07) is 6.71. The van der Waals surface area contributed by atoms with Crippen molar-refractivity contribution in [3.05, 3.63) is 51.6 Å². The van der Waals surface area contributed by atoms with Crippen molar-refractivity contribution in [1.82, 2.24) is 4.98 Å². The fourth-order valence-corrected chi connectivity index (χ4v) is 1.86. The summed E-state index contributed by atoms with van der Waals surface area (Å²) < 4.78 is 6.54. The van der Waals surface area contributed by atoms with Gasteiger partial charge in [0.05, 0.1) is 5.56 Å². The average molecular weight is 322 g/mol. The molecule has 0 atom stereocenters. The molecule has 1 aromatic heterocycles. The van der Waals surface area contributed by atoms with Gasteiger partial charge in [0.15, 0.2) is 0 Å². The molecule has 0 bridgehead atoms. The predicted octanol–water partition coefficient (Wildman–Crippen LogP) is 3.95. The molecule has 2 aromatic rings. The molecule has 0 saturated carbocycles. The molecule has 1 N–H and O–H groups in total. The standard InChI is InChI=1S/C14H12BrNO3/c1-8-6-13(16-7-11(8)15)19-12-5-3-4-10(9(12)2)14(17)18/h3-7H,1-2H3,(H,17,18). The van der Waals surface area contributed by atoms with Crippen molar-refractivity contribution < 1.29 is 14.6 Å². The van der Waals surface area contributed by atoms with Gasteiger partial charge in [0.1, 0.15) is 5.75 Å². The van der Waals surface area contributed by atoms with Crippen LogP contribution in [0.15, 0.2) is 34.9 Å². The van der Waals surface area contributed by atoms with Gasteiger partial charge in [-0.25, -0.2) is 9.78 Å². The number of carboxylic acid groups (broad SMARTS) is 1. The monoisotopic (exact) mass is 321 g/mol. The van der Waals surface area contributed by atoms with Crippen LogP contribution in [0, 0.1) is 13.8 Å². The smallest absolute Gasteiger partial charge is 0.336 e. The summed E-state index contributed by atoms with van der Waals surface area (Å²) in [7, 11) is 0. The van der Waals surface area contributed by atoms with E-state index < -0.39 is 5.97 Å². The number of carbonyl (C=O) groups is 1. The van der Waals surface area contributed by atoms with E-state index in [1.165, 1.54) is 0 Å². The Labute approximate surface area is 119 Å². The van der Waals surface area contributed by atoms with Crippen LogP contribution in [0.2, 0.25) is 0 Å². The number of hydrogen-bond acceptors (Lipinski definition) is 3. The summed E-state index contributed by atoms with van der Waals surface area (Å²) in [5.41, 5.74) is 1.81. The summed E-state index contributed by atoms with van der Waals surface area (Å²) in [6.45, 7) is 3.64. The minimum absolute atomic E-state index is 0.228. The van der Waals surface area contributed by atoms with Gasteiger partial charge < -0.3 is 9.84 Å². The van der Waals surface area contributed by atoms with E-state index >= 15 is 0 Å². The number of aryl methyl sites for hydroxylation is 1. The zero-order valence-electron chi connectivity index (χ0n) is 10.5. The SMILES string of the molecule is Cc1cc(Oc2cccc(C(=O)O)c2C)ncc1Br. The average Bonchev–Trinajstić information content (AvgIpc) is 2.36. The van der Waals surface area contributed by atoms with E-state index in [1.807, 2.05) is 6.92 Å². The Kier molecular flexibility index (Phi) is 3.85. The molecule has 0 amide bonds. The quantitative estimate of drug-likeness (QED) is 0.929. The van der Waals surface area contributed by atoms with Crippen molar-refractivity contribution in [1.29, 1.82) is 0 Å². The lowest BCUT2D eigenvalue weighted by Crippen LogP contribution is -2.01. The van der Waals surface area contributed by atoms with E-state index in [0.29, 0.717) is 17.2 Å². The first-order valence-corrected chi connectivity index (χ1v) is 6.41. The third-order valence-corrected chi connectivity index (χ3v) is 3.58. The molecule has 1 aromatic carbocycles. The summed E-state index contributed by atoms with van der Waals surface area (Å²) in [4.78, 5) is 15.2. The van der Waals surface area contributed by atoms with Crippen molar-refractivity contribution in [3.8, 4) is 11.6 Å². The fourth-order valence-electron chi connectivity index (χ4n) is 1.64. The van der Waals surface area contributed by atoms with Gasteiger partial charge in [-0.2, -0.15) is 0 Å². The van der Waals surface area contributed by atoms with E-state index in [2.05, 4.69) is 20.9 Å². The Bertz CT molecular complexity index is 641. The third kappa shape index (κ3) is 2.93. The molecule has 19 heavy (non-hydrogen) atoms. The van der Waals surface area contributed by atoms with E-state index in [9.17, 15) is 4.79 Å². The van der Waals surface area contributed by atoms with Crippen molar-refractivity contribution in [2.45, 2.75) is 13.8 Å². The van der Waals surface area contributed by atoms with Crippen LogP contribution in [-0.4, -0.2) is 16.1 Å². The minimum atomic E-state index is -0.970. The molecule has 0 fully saturated rings. The number of rotatable bonds is 3. The molecule has 0 aliphatic carbocycles. The van der Waals surface area contributed by atoms with Crippen LogP contribution >= 0.6 is 15.9 Å². The Hall–Kier alpha value is -1.88. The van der Waals surface area contributed by atoms with E-state index in [-0.39, 0.29) is 5.56 Å². The summed E-state index contributed by atoms with van der Waals surface area (Å²) in [5, 5.41) is 9.06. The van der Waals surface area contributed by atoms with Crippen LogP contribution in [0.4, 0.5) is 0 Å². The highest BCUT2D eigenvalue weighted by molar-refractivity contribution is 9.10. The molecule has 4 nitrogen and oxygen atoms in total. The van der Waals surface area contributed by atoms with Crippen LogP contribution in [0.1, 0.15) is 21.5 Å². The maximum atomic E-state index is 11.0. The van der Waals surface area contributed by atoms with Crippen LogP contribution in [0.3, 0.4) is 0 Å². The first-order valence-electron chi connectivity index (χ1n) is 5.62. The van der Waals surface area contributed by atoms with Gasteiger partial charge in [0.25, 0.3) is 0 Å². The number of hydrogen-bond donors (Lipinski definition) is 1. The van der Waals surface area contributed by atoms with Crippen molar-refractivity contribution in [2.75, 3.05) is 0 Å². The van der Waals surface area contributed by atoms with Gasteiger partial charge in [-0.05, 0) is 47.5 Å². The predicted molar refractivity (Wildman–Crippen MR) is 74.9 cm³/mol. The van der Waals surface area contributed by atoms with Crippen LogP contribution in [-0.2, 0) is 0 Å². The molecule has 0 aliphatic rings. The van der Waals surface area contributed by atoms with Crippen LogP contribution in [0.25, 0.3) is 0 Å². The number of aromatic carboxylic acids is 1. The van der Waals surface area contributed by atoms with Gasteiger partial charge in [0.2, 0.25) is 5.88 Å². The number of benzene rings is 1. The van der Waals surface area contributed by atoms with Crippen molar-refractivity contribution >= 4 is 21.9 Å². The molecule has 0 aliphatic heterocycles. The minimum Gasteiger partial charge on any atom is -0.478 e. The third-order valence-electron chi connectivity index (χ3n) is 2.75. The highest BCUT2D eigenvalue weighted by atomic mass is 79.9. The van der Waals surface area contributed by atoms with Crippen LogP contribution in [0.5, 0.6) is 11.6 Å². The van der Waals surface area contributed by atoms with Gasteiger partial charge in [-0.3, -0.25) is 0 Å². The summed E-state index contributed by atoms with van der Waals surface area (Å²) in [6.07, 6.45) is 1.65. The van der Waals surface area contributed by atoms with Gasteiger partial charge in [-0.1, -0.05) is 6.07 Å². The molecular weight excluding hydrogens is 310 g/mol. The molecule has 1 heterocycles. The molecule has 0 saturated heterocycles. The summed E-state index contributed by atoms with van der Waals surface area (Å²) >= 11 is 3.36. The molecule has 98 valence electrons. The van der Waals surface area contributed by atoms with Gasteiger partial charge in [0, 0.05) is 22.3 Å². The lowest BCUT2D eigenvalue weighted by atomic mass is 10.1. The molecule has 0 spiro atoms. The molecule has 2 rings (SSSR count). The highest BCUT2D eigenvalue weighted by Gasteiger charge is 2.12. The second kappa shape index (κ2) is 5.40. The second-order valence-electron chi connectivity index (χ2n) is 4.11. The van der Waals surface area contributed by atoms with E-state index in [4.69, 9.17) is 9.84 Å². The fraction of sp³-hybridized carbons (Fsp3) is 0.143. The number of ether oxygens (including phenoxy) is 1. The van der Waals surface area contributed by atoms with Crippen molar-refractivity contribution in [2.24, 2.45) is 0 Å². The number of nitrogens with zero attached hydrogens (tertiary/aromatic N) is 1. The van der Waals surface area contributed by atoms with E-state index in [0.717, 1.165) is 10.0 Å². The maximum Gasteiger partial charge on any atom is 0.336 e. The number of pyridine rings is 1. The van der Waals surface area contributed by atoms with Crippen molar-refractivity contribution in [3.63, 3.8) is 0 Å². The molecule has 0 unspecified atom stereocenters. The number of carboxylic acids is 1. The Morgan fingerprint density at radius 1 is 1.37 bits per heavy atom. The van der Waals surface area contributed by atoms with Crippen LogP contribution < -0.4 is 4.74 Å². The number of halogens is 1. The summed E-state index contributed by atoms with van der Waals surface area (Å²) in [5.74, 6) is -0.0386. The molecule has 5 heteroatoms. The lowest BCUT2D eigenvalue weighted by Gasteiger charge is -2.10. The zero-order valence-corrected chi connectivity index (χ0v) is 12.1. The maximum absolute atomic E-state index is 11.0. The normalized spacial score (nSPS) is 10.3. The topological polar surface area (TPSA) is 59.4 Å². The van der Waals surface area contributed by atoms with E-state index in [1.54, 1.807) is 37.4 Å². The molecule has 0 radical (unpaired) electrons. The Morgan fingerprint density at radius 3 is 2.74 bits per heavy atom. The zero-order chi connectivity index (χ0) is 14.0. The largest absolute Gasteiger partial charge is 0.478 e. The Morgan fingerprint density at radius 2 is 2.11 bits per heavy atom. The van der Waals surface area contributed by atoms with Gasteiger partial charge in [-0.15, -0.1) is 0 Å². The first-order chi connectivity index (χ1) is 8.99. The Balaban J connectivity index is 2.35. The second-order valence-corrected chi connectivity index (χ2v) is 4.96. The van der Waals surface area contributed by atoms with Gasteiger partial charge >= 0.3 is 5.97 Å². The first kappa shape index (κ1) is 13.5.